The van der Waals surface area contributed by atoms with Crippen LogP contribution in [0.15, 0.2) is 40.9 Å². The molecule has 4 nitrogen and oxygen atoms in total. The number of benzene rings is 1. The fourth-order valence-corrected chi connectivity index (χ4v) is 2.42. The second-order valence-electron chi connectivity index (χ2n) is 5.10. The van der Waals surface area contributed by atoms with E-state index in [-0.39, 0.29) is 24.8 Å². The highest BCUT2D eigenvalue weighted by molar-refractivity contribution is 5.85. The molecule has 1 aromatic carbocycles. The van der Waals surface area contributed by atoms with Gasteiger partial charge in [0.15, 0.2) is 5.76 Å². The van der Waals surface area contributed by atoms with E-state index in [1.165, 1.54) is 0 Å². The lowest BCUT2D eigenvalue weighted by molar-refractivity contribution is 0.189. The van der Waals surface area contributed by atoms with Gasteiger partial charge in [0.2, 0.25) is 5.89 Å². The van der Waals surface area contributed by atoms with E-state index in [2.05, 4.69) is 9.88 Å². The number of rotatable bonds is 3. The predicted octanol–water partition coefficient (Wildman–Crippen LogP) is 3.11. The lowest BCUT2D eigenvalue weighted by atomic mass is 10.1. The zero-order valence-electron chi connectivity index (χ0n) is 11.8. The lowest BCUT2D eigenvalue weighted by Gasteiger charge is -2.28. The van der Waals surface area contributed by atoms with Gasteiger partial charge in [-0.05, 0) is 12.8 Å². The van der Waals surface area contributed by atoms with Crippen LogP contribution < -0.4 is 5.73 Å². The fourth-order valence-electron chi connectivity index (χ4n) is 2.42. The van der Waals surface area contributed by atoms with Gasteiger partial charge in [0.1, 0.15) is 0 Å². The Morgan fingerprint density at radius 1 is 1.14 bits per heavy atom. The zero-order chi connectivity index (χ0) is 13.1. The quantitative estimate of drug-likeness (QED) is 0.939. The van der Waals surface area contributed by atoms with Gasteiger partial charge in [-0.25, -0.2) is 4.98 Å². The number of likely N-dealkylation sites (tertiary alicyclic amines) is 1. The number of piperidine rings is 1. The van der Waals surface area contributed by atoms with E-state index in [0.29, 0.717) is 6.04 Å². The molecule has 0 radical (unpaired) electrons. The highest BCUT2D eigenvalue weighted by Gasteiger charge is 2.18. The SMILES string of the molecule is Cl.Cl.NC1CCN(Cc2ncc(-c3ccccc3)o2)CC1. The Hall–Kier alpha value is -1.07. The number of oxazole rings is 1. The van der Waals surface area contributed by atoms with Crippen LogP contribution in [-0.2, 0) is 6.54 Å². The monoisotopic (exact) mass is 329 g/mol. The van der Waals surface area contributed by atoms with Crippen LogP contribution in [-0.4, -0.2) is 29.0 Å². The van der Waals surface area contributed by atoms with E-state index < -0.39 is 0 Å². The van der Waals surface area contributed by atoms with E-state index >= 15 is 0 Å². The van der Waals surface area contributed by atoms with Crippen molar-refractivity contribution >= 4 is 24.8 Å². The molecule has 0 amide bonds. The molecule has 0 saturated carbocycles. The van der Waals surface area contributed by atoms with Crippen LogP contribution in [0.1, 0.15) is 18.7 Å². The fraction of sp³-hybridized carbons (Fsp3) is 0.400. The first-order valence-corrected chi connectivity index (χ1v) is 6.79. The molecular formula is C15H21Cl2N3O. The first-order valence-electron chi connectivity index (χ1n) is 6.79. The Morgan fingerprint density at radius 2 is 1.81 bits per heavy atom. The molecule has 21 heavy (non-hydrogen) atoms. The smallest absolute Gasteiger partial charge is 0.209 e. The normalized spacial score (nSPS) is 16.0. The number of hydrogen-bond donors (Lipinski definition) is 1. The van der Waals surface area contributed by atoms with Crippen LogP contribution in [0.25, 0.3) is 11.3 Å². The summed E-state index contributed by atoms with van der Waals surface area (Å²) in [6.45, 7) is 2.84. The van der Waals surface area contributed by atoms with Crippen molar-refractivity contribution in [1.82, 2.24) is 9.88 Å². The molecule has 0 aliphatic carbocycles. The molecule has 6 heteroatoms. The molecule has 116 valence electrons. The summed E-state index contributed by atoms with van der Waals surface area (Å²) >= 11 is 0. The summed E-state index contributed by atoms with van der Waals surface area (Å²) < 4.78 is 5.82. The van der Waals surface area contributed by atoms with E-state index in [9.17, 15) is 0 Å². The van der Waals surface area contributed by atoms with Crippen molar-refractivity contribution in [2.24, 2.45) is 5.73 Å². The summed E-state index contributed by atoms with van der Waals surface area (Å²) in [6.07, 6.45) is 3.93. The number of nitrogens with zero attached hydrogens (tertiary/aromatic N) is 2. The maximum Gasteiger partial charge on any atom is 0.209 e. The Kier molecular flexibility index (Phi) is 7.18. The van der Waals surface area contributed by atoms with Crippen molar-refractivity contribution < 1.29 is 4.42 Å². The molecule has 0 bridgehead atoms. The van der Waals surface area contributed by atoms with Crippen molar-refractivity contribution in [3.05, 3.63) is 42.4 Å². The van der Waals surface area contributed by atoms with Gasteiger partial charge in [-0.1, -0.05) is 30.3 Å². The minimum Gasteiger partial charge on any atom is -0.439 e. The Labute approximate surface area is 137 Å². The molecule has 0 atom stereocenters. The highest BCUT2D eigenvalue weighted by atomic mass is 35.5. The molecule has 2 N–H and O–H groups in total. The minimum absolute atomic E-state index is 0. The van der Waals surface area contributed by atoms with Gasteiger partial charge in [-0.3, -0.25) is 4.90 Å². The molecule has 3 rings (SSSR count). The minimum atomic E-state index is 0. The molecule has 1 saturated heterocycles. The van der Waals surface area contributed by atoms with Crippen LogP contribution in [0, 0.1) is 0 Å². The summed E-state index contributed by atoms with van der Waals surface area (Å²) in [5.74, 6) is 1.62. The average molecular weight is 330 g/mol. The first-order chi connectivity index (χ1) is 9.31. The molecule has 0 unspecified atom stereocenters. The number of aromatic nitrogens is 1. The molecule has 2 heterocycles. The van der Waals surface area contributed by atoms with Crippen molar-refractivity contribution in [1.29, 1.82) is 0 Å². The third kappa shape index (κ3) is 4.71. The van der Waals surface area contributed by atoms with E-state index in [4.69, 9.17) is 10.2 Å². The lowest BCUT2D eigenvalue weighted by Crippen LogP contribution is -2.39. The predicted molar refractivity (Wildman–Crippen MR) is 88.9 cm³/mol. The number of nitrogens with two attached hydrogens (primary N) is 1. The maximum absolute atomic E-state index is 5.90. The summed E-state index contributed by atoms with van der Waals surface area (Å²) in [5, 5.41) is 0. The van der Waals surface area contributed by atoms with E-state index in [1.54, 1.807) is 6.20 Å². The second-order valence-corrected chi connectivity index (χ2v) is 5.10. The zero-order valence-corrected chi connectivity index (χ0v) is 13.4. The third-order valence-electron chi connectivity index (χ3n) is 3.60. The maximum atomic E-state index is 5.90. The van der Waals surface area contributed by atoms with Gasteiger partial charge < -0.3 is 10.2 Å². The second kappa shape index (κ2) is 8.39. The van der Waals surface area contributed by atoms with Crippen LogP contribution in [0.3, 0.4) is 0 Å². The third-order valence-corrected chi connectivity index (χ3v) is 3.60. The largest absolute Gasteiger partial charge is 0.439 e. The van der Waals surface area contributed by atoms with Crippen molar-refractivity contribution in [3.8, 4) is 11.3 Å². The average Bonchev–Trinajstić information content (AvgIpc) is 2.91. The summed E-state index contributed by atoms with van der Waals surface area (Å²) in [6, 6.07) is 10.4. The summed E-state index contributed by atoms with van der Waals surface area (Å²) in [7, 11) is 0. The first kappa shape index (κ1) is 18.0. The molecular weight excluding hydrogens is 309 g/mol. The highest BCUT2D eigenvalue weighted by Crippen LogP contribution is 2.21. The standard InChI is InChI=1S/C15H19N3O.2ClH/c16-13-6-8-18(9-7-13)11-15-17-10-14(19-15)12-4-2-1-3-5-12;;/h1-5,10,13H,6-9,11,16H2;2*1H. The molecule has 1 aromatic heterocycles. The summed E-state index contributed by atoms with van der Waals surface area (Å²) in [5.41, 5.74) is 6.98. The molecule has 0 spiro atoms. The van der Waals surface area contributed by atoms with Crippen LogP contribution >= 0.6 is 24.8 Å². The van der Waals surface area contributed by atoms with Crippen LogP contribution in [0.5, 0.6) is 0 Å². The van der Waals surface area contributed by atoms with Gasteiger partial charge in [-0.2, -0.15) is 0 Å². The van der Waals surface area contributed by atoms with Gasteiger partial charge in [0.25, 0.3) is 0 Å². The Balaban J connectivity index is 0.00000110. The molecule has 1 aliphatic rings. The van der Waals surface area contributed by atoms with Crippen LogP contribution in [0.4, 0.5) is 0 Å². The molecule has 1 fully saturated rings. The topological polar surface area (TPSA) is 55.3 Å². The van der Waals surface area contributed by atoms with Crippen molar-refractivity contribution in [3.63, 3.8) is 0 Å². The van der Waals surface area contributed by atoms with E-state index in [1.807, 2.05) is 30.3 Å². The Bertz CT molecular complexity index is 525. The molecule has 1 aliphatic heterocycles. The van der Waals surface area contributed by atoms with E-state index in [0.717, 1.165) is 49.7 Å². The van der Waals surface area contributed by atoms with Gasteiger partial charge in [0.05, 0.1) is 12.7 Å². The summed E-state index contributed by atoms with van der Waals surface area (Å²) in [4.78, 5) is 6.72. The van der Waals surface area contributed by atoms with Gasteiger partial charge in [0, 0.05) is 24.7 Å². The van der Waals surface area contributed by atoms with Crippen LogP contribution in [0.2, 0.25) is 0 Å². The molecule has 2 aromatic rings. The van der Waals surface area contributed by atoms with Gasteiger partial charge in [-0.15, -0.1) is 24.8 Å². The number of halogens is 2. The van der Waals surface area contributed by atoms with Crippen molar-refractivity contribution in [2.75, 3.05) is 13.1 Å². The Morgan fingerprint density at radius 3 is 2.48 bits per heavy atom. The van der Waals surface area contributed by atoms with Crippen molar-refractivity contribution in [2.45, 2.75) is 25.4 Å². The van der Waals surface area contributed by atoms with Gasteiger partial charge >= 0.3 is 0 Å². The number of hydrogen-bond acceptors (Lipinski definition) is 4.